The molecule has 2 aliphatic rings. The summed E-state index contributed by atoms with van der Waals surface area (Å²) in [7, 11) is 0. The van der Waals surface area contributed by atoms with E-state index in [4.69, 9.17) is 11.5 Å². The molecule has 1 amide bonds. The Labute approximate surface area is 150 Å². The second kappa shape index (κ2) is 7.53. The highest BCUT2D eigenvalue weighted by atomic mass is 35.5. The number of carbonyl (C=O) groups is 1. The topological polar surface area (TPSA) is 124 Å². The lowest BCUT2D eigenvalue weighted by Gasteiger charge is -2.45. The van der Waals surface area contributed by atoms with Gasteiger partial charge in [-0.3, -0.25) is 14.9 Å². The lowest BCUT2D eigenvalue weighted by molar-refractivity contribution is -0.384. The Kier molecular flexibility index (Phi) is 5.84. The molecule has 2 unspecified atom stereocenters. The van der Waals surface area contributed by atoms with Gasteiger partial charge in [-0.15, -0.1) is 12.4 Å². The SMILES string of the molecule is Cl.Nc1c(C(=O)NC2C3CCCC2CC(N)C3)cc(F)cc1[N+](=O)[O-]. The molecule has 1 aromatic carbocycles. The molecule has 2 atom stereocenters. The standard InChI is InChI=1S/C16H21FN4O3.ClH/c17-10-6-12(14(19)13(7-10)21(23)24)16(22)20-15-8-2-1-3-9(15)5-11(18)4-8;/h6-9,11,15H,1-5,18-19H2,(H,20,22);1H. The first kappa shape index (κ1) is 19.4. The van der Waals surface area contributed by atoms with E-state index in [-0.39, 0.29) is 35.7 Å². The summed E-state index contributed by atoms with van der Waals surface area (Å²) in [6.07, 6.45) is 4.80. The summed E-state index contributed by atoms with van der Waals surface area (Å²) < 4.78 is 13.6. The molecule has 0 radical (unpaired) electrons. The van der Waals surface area contributed by atoms with Gasteiger partial charge in [0.05, 0.1) is 16.6 Å². The second-order valence-electron chi connectivity index (χ2n) is 6.83. The van der Waals surface area contributed by atoms with Crippen LogP contribution in [0.4, 0.5) is 15.8 Å². The number of nitro groups is 1. The van der Waals surface area contributed by atoms with Gasteiger partial charge in [0.1, 0.15) is 11.5 Å². The predicted molar refractivity (Wildman–Crippen MR) is 94.0 cm³/mol. The molecule has 0 spiro atoms. The van der Waals surface area contributed by atoms with E-state index in [1.54, 1.807) is 0 Å². The summed E-state index contributed by atoms with van der Waals surface area (Å²) in [4.78, 5) is 22.7. The highest BCUT2D eigenvalue weighted by molar-refractivity contribution is 6.01. The monoisotopic (exact) mass is 372 g/mol. The van der Waals surface area contributed by atoms with Gasteiger partial charge < -0.3 is 16.8 Å². The van der Waals surface area contributed by atoms with Gasteiger partial charge in [-0.05, 0) is 43.6 Å². The van der Waals surface area contributed by atoms with Crippen LogP contribution in [0.5, 0.6) is 0 Å². The van der Waals surface area contributed by atoms with Gasteiger partial charge in [0.25, 0.3) is 11.6 Å². The van der Waals surface area contributed by atoms with Crippen molar-refractivity contribution in [2.24, 2.45) is 17.6 Å². The maximum Gasteiger partial charge on any atom is 0.295 e. The molecule has 25 heavy (non-hydrogen) atoms. The molecule has 5 N–H and O–H groups in total. The van der Waals surface area contributed by atoms with Crippen LogP contribution in [-0.4, -0.2) is 22.9 Å². The number of anilines is 1. The molecule has 2 fully saturated rings. The van der Waals surface area contributed by atoms with Crippen LogP contribution in [0.1, 0.15) is 42.5 Å². The number of fused-ring (bicyclic) bond motifs is 2. The van der Waals surface area contributed by atoms with Crippen molar-refractivity contribution in [1.82, 2.24) is 5.32 Å². The Bertz CT molecular complexity index is 674. The van der Waals surface area contributed by atoms with Crippen LogP contribution in [0.2, 0.25) is 0 Å². The number of nitrogens with two attached hydrogens (primary N) is 2. The third-order valence-corrected chi connectivity index (χ3v) is 5.24. The van der Waals surface area contributed by atoms with E-state index in [2.05, 4.69) is 5.32 Å². The van der Waals surface area contributed by atoms with Crippen molar-refractivity contribution in [1.29, 1.82) is 0 Å². The van der Waals surface area contributed by atoms with E-state index in [0.29, 0.717) is 11.8 Å². The number of benzene rings is 1. The van der Waals surface area contributed by atoms with Crippen molar-refractivity contribution in [3.05, 3.63) is 33.6 Å². The van der Waals surface area contributed by atoms with Gasteiger partial charge in [-0.1, -0.05) is 6.42 Å². The second-order valence-corrected chi connectivity index (χ2v) is 6.83. The van der Waals surface area contributed by atoms with Crippen molar-refractivity contribution in [3.8, 4) is 0 Å². The van der Waals surface area contributed by atoms with E-state index in [1.165, 1.54) is 0 Å². The first-order valence-corrected chi connectivity index (χ1v) is 8.16. The summed E-state index contributed by atoms with van der Waals surface area (Å²) in [6, 6.07) is 1.78. The molecule has 0 heterocycles. The number of nitrogen functional groups attached to an aromatic ring is 1. The van der Waals surface area contributed by atoms with Gasteiger partial charge in [-0.25, -0.2) is 4.39 Å². The summed E-state index contributed by atoms with van der Waals surface area (Å²) in [5.74, 6) is -0.832. The quantitative estimate of drug-likeness (QED) is 0.427. The van der Waals surface area contributed by atoms with Crippen LogP contribution >= 0.6 is 12.4 Å². The Morgan fingerprint density at radius 1 is 1.28 bits per heavy atom. The van der Waals surface area contributed by atoms with Crippen LogP contribution in [0.3, 0.4) is 0 Å². The molecule has 2 saturated carbocycles. The van der Waals surface area contributed by atoms with Crippen LogP contribution in [0.25, 0.3) is 0 Å². The highest BCUT2D eigenvalue weighted by Crippen LogP contribution is 2.40. The molecular formula is C16H22ClFN4O3. The van der Waals surface area contributed by atoms with E-state index in [1.807, 2.05) is 0 Å². The van der Waals surface area contributed by atoms with Crippen molar-refractivity contribution in [3.63, 3.8) is 0 Å². The predicted octanol–water partition coefficient (Wildman–Crippen LogP) is 2.37. The third-order valence-electron chi connectivity index (χ3n) is 5.24. The van der Waals surface area contributed by atoms with Gasteiger partial charge in [-0.2, -0.15) is 0 Å². The Morgan fingerprint density at radius 3 is 2.44 bits per heavy atom. The normalized spacial score (nSPS) is 27.9. The van der Waals surface area contributed by atoms with Crippen LogP contribution in [-0.2, 0) is 0 Å². The first-order chi connectivity index (χ1) is 11.4. The van der Waals surface area contributed by atoms with Crippen LogP contribution in [0, 0.1) is 27.8 Å². The van der Waals surface area contributed by atoms with Crippen molar-refractivity contribution < 1.29 is 14.1 Å². The fraction of sp³-hybridized carbons (Fsp3) is 0.562. The molecule has 2 aliphatic carbocycles. The minimum Gasteiger partial charge on any atom is -0.393 e. The average molecular weight is 373 g/mol. The summed E-state index contributed by atoms with van der Waals surface area (Å²) in [5.41, 5.74) is 10.7. The Morgan fingerprint density at radius 2 is 1.88 bits per heavy atom. The fourth-order valence-corrected chi connectivity index (χ4v) is 4.20. The van der Waals surface area contributed by atoms with Crippen LogP contribution < -0.4 is 16.8 Å². The van der Waals surface area contributed by atoms with E-state index < -0.39 is 22.3 Å². The molecule has 1 aromatic rings. The number of amides is 1. The average Bonchev–Trinajstić information content (AvgIpc) is 2.49. The molecule has 3 rings (SSSR count). The fourth-order valence-electron chi connectivity index (χ4n) is 4.20. The molecule has 7 nitrogen and oxygen atoms in total. The van der Waals surface area contributed by atoms with Gasteiger partial charge in [0, 0.05) is 12.1 Å². The number of rotatable bonds is 3. The first-order valence-electron chi connectivity index (χ1n) is 8.16. The molecule has 0 aromatic heterocycles. The number of hydrogen-bond donors (Lipinski definition) is 3. The lowest BCUT2D eigenvalue weighted by Crippen LogP contribution is -2.53. The molecule has 9 heteroatoms. The number of nitro benzene ring substituents is 1. The maximum atomic E-state index is 13.6. The van der Waals surface area contributed by atoms with E-state index in [9.17, 15) is 19.3 Å². The molecule has 2 bridgehead atoms. The van der Waals surface area contributed by atoms with E-state index in [0.717, 1.165) is 44.2 Å². The molecule has 0 aliphatic heterocycles. The summed E-state index contributed by atoms with van der Waals surface area (Å²) >= 11 is 0. The van der Waals surface area contributed by atoms with Crippen molar-refractivity contribution in [2.45, 2.75) is 44.2 Å². The minimum atomic E-state index is -0.855. The molecule has 0 saturated heterocycles. The van der Waals surface area contributed by atoms with Gasteiger partial charge in [0.15, 0.2) is 0 Å². The van der Waals surface area contributed by atoms with Crippen LogP contribution in [0.15, 0.2) is 12.1 Å². The van der Waals surface area contributed by atoms with Gasteiger partial charge >= 0.3 is 0 Å². The zero-order chi connectivity index (χ0) is 17.4. The van der Waals surface area contributed by atoms with E-state index >= 15 is 0 Å². The van der Waals surface area contributed by atoms with Gasteiger partial charge in [0.2, 0.25) is 0 Å². The maximum absolute atomic E-state index is 13.6. The minimum absolute atomic E-state index is 0. The van der Waals surface area contributed by atoms with Crippen molar-refractivity contribution >= 4 is 29.7 Å². The lowest BCUT2D eigenvalue weighted by atomic mass is 9.67. The Balaban J connectivity index is 0.00000225. The molecule has 138 valence electrons. The third kappa shape index (κ3) is 3.85. The van der Waals surface area contributed by atoms with Crippen molar-refractivity contribution in [2.75, 3.05) is 5.73 Å². The summed E-state index contributed by atoms with van der Waals surface area (Å²) in [6.45, 7) is 0. The largest absolute Gasteiger partial charge is 0.393 e. The zero-order valence-electron chi connectivity index (χ0n) is 13.6. The number of nitrogens with one attached hydrogen (secondary N) is 1. The summed E-state index contributed by atoms with van der Waals surface area (Å²) in [5, 5.41) is 13.9. The number of halogens is 2. The number of carbonyl (C=O) groups excluding carboxylic acids is 1. The zero-order valence-corrected chi connectivity index (χ0v) is 14.4. The smallest absolute Gasteiger partial charge is 0.295 e. The molecular weight excluding hydrogens is 351 g/mol. The number of nitrogens with zero attached hydrogens (tertiary/aromatic N) is 1. The number of hydrogen-bond acceptors (Lipinski definition) is 5. The Hall–Kier alpha value is -1.93. The highest BCUT2D eigenvalue weighted by Gasteiger charge is 2.40.